The van der Waals surface area contributed by atoms with Crippen LogP contribution in [-0.2, 0) is 4.79 Å². The van der Waals surface area contributed by atoms with E-state index in [1.165, 1.54) is 52.1 Å². The third-order valence-electron chi connectivity index (χ3n) is 4.80. The molecular formula is C15H29N3O2. The van der Waals surface area contributed by atoms with Gasteiger partial charge in [0.1, 0.15) is 0 Å². The molecule has 5 nitrogen and oxygen atoms in total. The Morgan fingerprint density at radius 2 is 1.55 bits per heavy atom. The Bertz CT molecular complexity index is 295. The van der Waals surface area contributed by atoms with Crippen LogP contribution in [0.4, 0.5) is 0 Å². The second-order valence-corrected chi connectivity index (χ2v) is 6.36. The van der Waals surface area contributed by atoms with Crippen molar-refractivity contribution in [3.63, 3.8) is 0 Å². The van der Waals surface area contributed by atoms with Gasteiger partial charge in [0.05, 0.1) is 0 Å². The molecule has 0 atom stereocenters. The first kappa shape index (κ1) is 15.7. The number of hydrogen-bond donors (Lipinski definition) is 1. The Morgan fingerprint density at radius 3 is 2.10 bits per heavy atom. The highest BCUT2D eigenvalue weighted by Gasteiger charge is 2.20. The summed E-state index contributed by atoms with van der Waals surface area (Å²) < 4.78 is 0. The highest BCUT2D eigenvalue weighted by atomic mass is 16.4. The van der Waals surface area contributed by atoms with Gasteiger partial charge < -0.3 is 14.9 Å². The molecule has 0 amide bonds. The van der Waals surface area contributed by atoms with Crippen molar-refractivity contribution in [2.45, 2.75) is 25.7 Å². The van der Waals surface area contributed by atoms with Crippen molar-refractivity contribution in [3.8, 4) is 0 Å². The zero-order valence-electron chi connectivity index (χ0n) is 12.8. The van der Waals surface area contributed by atoms with E-state index in [9.17, 15) is 4.79 Å². The third-order valence-corrected chi connectivity index (χ3v) is 4.80. The molecule has 0 aromatic heterocycles. The van der Waals surface area contributed by atoms with E-state index in [4.69, 9.17) is 5.11 Å². The Kier molecular flexibility index (Phi) is 6.26. The van der Waals surface area contributed by atoms with Crippen molar-refractivity contribution in [2.24, 2.45) is 5.92 Å². The molecule has 0 aromatic carbocycles. The van der Waals surface area contributed by atoms with Crippen molar-refractivity contribution in [1.29, 1.82) is 0 Å². The van der Waals surface area contributed by atoms with Gasteiger partial charge in [0, 0.05) is 45.7 Å². The summed E-state index contributed by atoms with van der Waals surface area (Å²) in [7, 11) is 2.19. The van der Waals surface area contributed by atoms with E-state index in [0.717, 1.165) is 19.5 Å². The summed E-state index contributed by atoms with van der Waals surface area (Å²) in [6, 6.07) is 0. The van der Waals surface area contributed by atoms with Crippen LogP contribution < -0.4 is 0 Å². The topological polar surface area (TPSA) is 47.0 Å². The molecule has 0 radical (unpaired) electrons. The maximum Gasteiger partial charge on any atom is 0.303 e. The minimum atomic E-state index is -0.650. The average Bonchev–Trinajstić information content (AvgIpc) is 2.45. The van der Waals surface area contributed by atoms with Crippen LogP contribution in [0.15, 0.2) is 0 Å². The number of aliphatic carboxylic acids is 1. The minimum Gasteiger partial charge on any atom is -0.481 e. The Labute approximate surface area is 122 Å². The normalized spacial score (nSPS) is 24.1. The molecule has 0 aromatic rings. The molecule has 1 N–H and O–H groups in total. The number of carboxylic acids is 1. The third kappa shape index (κ3) is 5.38. The molecule has 2 saturated heterocycles. The van der Waals surface area contributed by atoms with Crippen LogP contribution >= 0.6 is 0 Å². The summed E-state index contributed by atoms with van der Waals surface area (Å²) in [5.74, 6) is -0.0199. The molecule has 0 unspecified atom stereocenters. The summed E-state index contributed by atoms with van der Waals surface area (Å²) in [5, 5.41) is 8.72. The van der Waals surface area contributed by atoms with Gasteiger partial charge in [0.2, 0.25) is 0 Å². The zero-order valence-corrected chi connectivity index (χ0v) is 12.8. The minimum absolute atomic E-state index is 0.339. The van der Waals surface area contributed by atoms with E-state index >= 15 is 0 Å². The van der Waals surface area contributed by atoms with Crippen molar-refractivity contribution in [1.82, 2.24) is 14.7 Å². The summed E-state index contributed by atoms with van der Waals surface area (Å²) in [6.07, 6.45) is 3.56. The number of carbonyl (C=O) groups is 1. The molecule has 2 aliphatic rings. The summed E-state index contributed by atoms with van der Waals surface area (Å²) >= 11 is 0. The molecule has 2 aliphatic heterocycles. The lowest BCUT2D eigenvalue weighted by atomic mass is 9.92. The first-order valence-corrected chi connectivity index (χ1v) is 7.98. The molecule has 2 rings (SSSR count). The van der Waals surface area contributed by atoms with Crippen LogP contribution in [0.25, 0.3) is 0 Å². The highest BCUT2D eigenvalue weighted by Crippen LogP contribution is 2.21. The predicted octanol–water partition coefficient (Wildman–Crippen LogP) is 0.811. The second kappa shape index (κ2) is 7.96. The van der Waals surface area contributed by atoms with Crippen LogP contribution in [0, 0.1) is 5.92 Å². The average molecular weight is 283 g/mol. The Morgan fingerprint density at radius 1 is 1.00 bits per heavy atom. The number of nitrogens with zero attached hydrogens (tertiary/aromatic N) is 3. The summed E-state index contributed by atoms with van der Waals surface area (Å²) in [6.45, 7) is 9.45. The lowest BCUT2D eigenvalue weighted by Gasteiger charge is -2.36. The standard InChI is InChI=1S/C15H29N3O2/c1-16-8-10-18(11-9-16)13-12-17-6-4-14(5-7-17)2-3-15(19)20/h14H,2-13H2,1H3,(H,19,20). The smallest absolute Gasteiger partial charge is 0.303 e. The summed E-state index contributed by atoms with van der Waals surface area (Å²) in [4.78, 5) is 18.1. The van der Waals surface area contributed by atoms with E-state index in [-0.39, 0.29) is 0 Å². The van der Waals surface area contributed by atoms with Gasteiger partial charge in [-0.15, -0.1) is 0 Å². The van der Waals surface area contributed by atoms with Gasteiger partial charge >= 0.3 is 5.97 Å². The predicted molar refractivity (Wildman–Crippen MR) is 80.0 cm³/mol. The first-order valence-electron chi connectivity index (χ1n) is 7.98. The van der Waals surface area contributed by atoms with Gasteiger partial charge in [-0.2, -0.15) is 0 Å². The Balaban J connectivity index is 1.56. The van der Waals surface area contributed by atoms with E-state index in [1.54, 1.807) is 0 Å². The molecule has 0 aliphatic carbocycles. The number of likely N-dealkylation sites (tertiary alicyclic amines) is 1. The van der Waals surface area contributed by atoms with Gasteiger partial charge in [0.25, 0.3) is 0 Å². The Hall–Kier alpha value is -0.650. The summed E-state index contributed by atoms with van der Waals surface area (Å²) in [5.41, 5.74) is 0. The molecule has 20 heavy (non-hydrogen) atoms. The van der Waals surface area contributed by atoms with Crippen molar-refractivity contribution in [2.75, 3.05) is 59.4 Å². The zero-order chi connectivity index (χ0) is 14.4. The van der Waals surface area contributed by atoms with Gasteiger partial charge in [-0.3, -0.25) is 9.69 Å². The van der Waals surface area contributed by atoms with Crippen LogP contribution in [-0.4, -0.2) is 85.2 Å². The first-order chi connectivity index (χ1) is 9.63. The molecule has 2 heterocycles. The number of piperazine rings is 1. The second-order valence-electron chi connectivity index (χ2n) is 6.36. The van der Waals surface area contributed by atoms with Gasteiger partial charge in [-0.1, -0.05) is 0 Å². The van der Waals surface area contributed by atoms with Gasteiger partial charge in [-0.25, -0.2) is 0 Å². The van der Waals surface area contributed by atoms with Crippen molar-refractivity contribution < 1.29 is 9.90 Å². The fourth-order valence-corrected chi connectivity index (χ4v) is 3.18. The molecule has 0 saturated carbocycles. The quantitative estimate of drug-likeness (QED) is 0.782. The lowest BCUT2D eigenvalue weighted by Crippen LogP contribution is -2.47. The van der Waals surface area contributed by atoms with Crippen molar-refractivity contribution in [3.05, 3.63) is 0 Å². The lowest BCUT2D eigenvalue weighted by molar-refractivity contribution is -0.137. The molecule has 5 heteroatoms. The monoisotopic (exact) mass is 283 g/mol. The van der Waals surface area contributed by atoms with Gasteiger partial charge in [0.15, 0.2) is 0 Å². The van der Waals surface area contributed by atoms with Crippen molar-refractivity contribution >= 4 is 5.97 Å². The van der Waals surface area contributed by atoms with Crippen LogP contribution in [0.1, 0.15) is 25.7 Å². The van der Waals surface area contributed by atoms with Crippen LogP contribution in [0.2, 0.25) is 0 Å². The molecule has 0 spiro atoms. The molecular weight excluding hydrogens is 254 g/mol. The molecule has 116 valence electrons. The van der Waals surface area contributed by atoms with Crippen LogP contribution in [0.5, 0.6) is 0 Å². The fourth-order valence-electron chi connectivity index (χ4n) is 3.18. The maximum atomic E-state index is 10.6. The van der Waals surface area contributed by atoms with E-state index < -0.39 is 5.97 Å². The number of likely N-dealkylation sites (N-methyl/N-ethyl adjacent to an activating group) is 1. The van der Waals surface area contributed by atoms with E-state index in [2.05, 4.69) is 21.7 Å². The SMILES string of the molecule is CN1CCN(CCN2CCC(CCC(=O)O)CC2)CC1. The van der Waals surface area contributed by atoms with Gasteiger partial charge in [-0.05, 0) is 45.3 Å². The fraction of sp³-hybridized carbons (Fsp3) is 0.933. The number of hydrogen-bond acceptors (Lipinski definition) is 4. The highest BCUT2D eigenvalue weighted by molar-refractivity contribution is 5.66. The van der Waals surface area contributed by atoms with E-state index in [0.29, 0.717) is 12.3 Å². The van der Waals surface area contributed by atoms with E-state index in [1.807, 2.05) is 0 Å². The largest absolute Gasteiger partial charge is 0.481 e. The number of piperidine rings is 1. The molecule has 0 bridgehead atoms. The van der Waals surface area contributed by atoms with Crippen LogP contribution in [0.3, 0.4) is 0 Å². The molecule has 2 fully saturated rings. The number of carboxylic acid groups (broad SMARTS) is 1. The number of rotatable bonds is 6. The maximum absolute atomic E-state index is 10.6.